The Balaban J connectivity index is 1.36. The number of piperidine rings is 1. The van der Waals surface area contributed by atoms with E-state index >= 15 is 0 Å². The van der Waals surface area contributed by atoms with Gasteiger partial charge in [-0.2, -0.15) is 0 Å². The summed E-state index contributed by atoms with van der Waals surface area (Å²) in [6, 6.07) is 9.98. The number of halogens is 1. The van der Waals surface area contributed by atoms with Gasteiger partial charge in [0.2, 0.25) is 0 Å². The van der Waals surface area contributed by atoms with Crippen LogP contribution < -0.4 is 10.2 Å². The third-order valence-electron chi connectivity index (χ3n) is 5.12. The third kappa shape index (κ3) is 4.51. The number of ether oxygens (including phenoxy) is 2. The van der Waals surface area contributed by atoms with Crippen molar-refractivity contribution in [3.63, 3.8) is 0 Å². The van der Waals surface area contributed by atoms with E-state index in [1.807, 2.05) is 25.1 Å². The smallest absolute Gasteiger partial charge is 0.171 e. The van der Waals surface area contributed by atoms with Crippen molar-refractivity contribution in [1.29, 1.82) is 0 Å². The number of nitrogens with zero attached hydrogens (tertiary/aromatic N) is 3. The van der Waals surface area contributed by atoms with Gasteiger partial charge in [0.05, 0.1) is 13.2 Å². The van der Waals surface area contributed by atoms with Gasteiger partial charge in [0, 0.05) is 43.6 Å². The van der Waals surface area contributed by atoms with Crippen LogP contribution in [0.15, 0.2) is 30.3 Å². The highest BCUT2D eigenvalue weighted by Gasteiger charge is 2.40. The lowest BCUT2D eigenvalue weighted by molar-refractivity contribution is -0.169. The molecule has 0 amide bonds. The van der Waals surface area contributed by atoms with E-state index < -0.39 is 0 Å². The van der Waals surface area contributed by atoms with Gasteiger partial charge in [-0.3, -0.25) is 0 Å². The molecule has 2 aromatic rings. The fourth-order valence-corrected chi connectivity index (χ4v) is 3.78. The number of benzene rings is 1. The molecule has 2 fully saturated rings. The molecule has 1 N–H and O–H groups in total. The Morgan fingerprint density at radius 2 is 1.81 bits per heavy atom. The first-order valence-electron chi connectivity index (χ1n) is 9.49. The lowest BCUT2D eigenvalue weighted by atomic mass is 10.0. The molecule has 4 rings (SSSR count). The Kier molecular flexibility index (Phi) is 5.48. The second kappa shape index (κ2) is 8.00. The molecule has 6 nitrogen and oxygen atoms in total. The first-order chi connectivity index (χ1) is 13.1. The summed E-state index contributed by atoms with van der Waals surface area (Å²) < 4.78 is 11.6. The van der Waals surface area contributed by atoms with Crippen molar-refractivity contribution in [2.75, 3.05) is 43.1 Å². The summed E-state index contributed by atoms with van der Waals surface area (Å²) in [5.74, 6) is 2.23. The largest absolute Gasteiger partial charge is 0.370 e. The molecule has 144 valence electrons. The van der Waals surface area contributed by atoms with E-state index in [1.54, 1.807) is 0 Å². The Morgan fingerprint density at radius 1 is 1.11 bits per heavy atom. The second-order valence-electron chi connectivity index (χ2n) is 7.06. The normalized spacial score (nSPS) is 18.8. The molecule has 0 atom stereocenters. The summed E-state index contributed by atoms with van der Waals surface area (Å²) in [5.41, 5.74) is 1.25. The van der Waals surface area contributed by atoms with Crippen LogP contribution in [-0.4, -0.2) is 48.6 Å². The highest BCUT2D eigenvalue weighted by Crippen LogP contribution is 2.33. The molecular weight excluding hydrogens is 364 g/mol. The maximum atomic E-state index is 5.94. The number of rotatable bonds is 5. The van der Waals surface area contributed by atoms with E-state index in [1.165, 1.54) is 5.56 Å². The molecule has 0 radical (unpaired) electrons. The van der Waals surface area contributed by atoms with Crippen molar-refractivity contribution >= 4 is 23.2 Å². The van der Waals surface area contributed by atoms with Gasteiger partial charge >= 0.3 is 0 Å². The Bertz CT molecular complexity index is 768. The molecule has 2 aliphatic rings. The molecule has 27 heavy (non-hydrogen) atoms. The fraction of sp³-hybridized carbons (Fsp3) is 0.500. The summed E-state index contributed by atoms with van der Waals surface area (Å²) >= 11 is 5.94. The monoisotopic (exact) mass is 388 g/mol. The van der Waals surface area contributed by atoms with Crippen LogP contribution in [0.1, 0.15) is 24.2 Å². The van der Waals surface area contributed by atoms with Gasteiger partial charge in [-0.05, 0) is 31.0 Å². The fourth-order valence-electron chi connectivity index (χ4n) is 3.65. The first-order valence-corrected chi connectivity index (χ1v) is 9.87. The van der Waals surface area contributed by atoms with Crippen molar-refractivity contribution in [3.8, 4) is 0 Å². The quantitative estimate of drug-likeness (QED) is 0.846. The maximum Gasteiger partial charge on any atom is 0.171 e. The Hall–Kier alpha value is -1.89. The van der Waals surface area contributed by atoms with E-state index in [9.17, 15) is 0 Å². The van der Waals surface area contributed by atoms with Crippen LogP contribution in [0.3, 0.4) is 0 Å². The number of aryl methyl sites for hydroxylation is 1. The van der Waals surface area contributed by atoms with Crippen LogP contribution in [-0.2, 0) is 15.9 Å². The predicted molar refractivity (Wildman–Crippen MR) is 106 cm³/mol. The summed E-state index contributed by atoms with van der Waals surface area (Å²) in [4.78, 5) is 11.4. The van der Waals surface area contributed by atoms with Gasteiger partial charge in [0.15, 0.2) is 5.79 Å². The van der Waals surface area contributed by atoms with E-state index in [0.717, 1.165) is 61.4 Å². The second-order valence-corrected chi connectivity index (χ2v) is 7.49. The summed E-state index contributed by atoms with van der Waals surface area (Å²) in [6.45, 7) is 5.90. The molecule has 1 spiro atoms. The van der Waals surface area contributed by atoms with Crippen molar-refractivity contribution in [1.82, 2.24) is 9.97 Å². The van der Waals surface area contributed by atoms with E-state index in [0.29, 0.717) is 13.2 Å². The zero-order valence-corrected chi connectivity index (χ0v) is 16.3. The van der Waals surface area contributed by atoms with Crippen molar-refractivity contribution in [3.05, 3.63) is 46.7 Å². The number of nitrogens with one attached hydrogen (secondary N) is 1. The molecule has 0 bridgehead atoms. The van der Waals surface area contributed by atoms with Gasteiger partial charge in [0.1, 0.15) is 17.5 Å². The molecule has 7 heteroatoms. The zero-order chi connectivity index (χ0) is 18.7. The number of hydrogen-bond donors (Lipinski definition) is 1. The van der Waals surface area contributed by atoms with Crippen LogP contribution >= 0.6 is 11.6 Å². The average molecular weight is 389 g/mol. The first kappa shape index (κ1) is 18.5. The highest BCUT2D eigenvalue weighted by atomic mass is 35.5. The molecule has 1 aromatic carbocycles. The summed E-state index contributed by atoms with van der Waals surface area (Å²) in [6.07, 6.45) is 2.65. The molecule has 1 aromatic heterocycles. The molecule has 0 saturated carbocycles. The SMILES string of the molecule is Cc1nc(NCCc2ccc(Cl)cc2)cc(N2CCC3(CC2)OCCO3)n1. The van der Waals surface area contributed by atoms with Crippen LogP contribution in [0.25, 0.3) is 0 Å². The van der Waals surface area contributed by atoms with Gasteiger partial charge in [-0.1, -0.05) is 23.7 Å². The Morgan fingerprint density at radius 3 is 2.52 bits per heavy atom. The van der Waals surface area contributed by atoms with E-state index in [4.69, 9.17) is 21.1 Å². The van der Waals surface area contributed by atoms with Crippen molar-refractivity contribution in [2.45, 2.75) is 32.0 Å². The zero-order valence-electron chi connectivity index (χ0n) is 15.6. The lowest BCUT2D eigenvalue weighted by Gasteiger charge is -2.38. The van der Waals surface area contributed by atoms with Gasteiger partial charge in [-0.15, -0.1) is 0 Å². The van der Waals surface area contributed by atoms with Gasteiger partial charge < -0.3 is 19.7 Å². The minimum Gasteiger partial charge on any atom is -0.370 e. The van der Waals surface area contributed by atoms with Crippen molar-refractivity contribution < 1.29 is 9.47 Å². The van der Waals surface area contributed by atoms with Crippen molar-refractivity contribution in [2.24, 2.45) is 0 Å². The highest BCUT2D eigenvalue weighted by molar-refractivity contribution is 6.30. The number of aromatic nitrogens is 2. The maximum absolute atomic E-state index is 5.94. The summed E-state index contributed by atoms with van der Waals surface area (Å²) in [7, 11) is 0. The average Bonchev–Trinajstić information content (AvgIpc) is 3.11. The molecule has 3 heterocycles. The predicted octanol–water partition coefficient (Wildman–Crippen LogP) is 3.44. The number of anilines is 2. The Labute approximate surface area is 164 Å². The minimum absolute atomic E-state index is 0.363. The molecule has 2 saturated heterocycles. The van der Waals surface area contributed by atoms with Crippen LogP contribution in [0, 0.1) is 6.92 Å². The van der Waals surface area contributed by atoms with E-state index in [-0.39, 0.29) is 5.79 Å². The third-order valence-corrected chi connectivity index (χ3v) is 5.37. The van der Waals surface area contributed by atoms with Crippen LogP contribution in [0.5, 0.6) is 0 Å². The van der Waals surface area contributed by atoms with E-state index in [2.05, 4.69) is 32.3 Å². The lowest BCUT2D eigenvalue weighted by Crippen LogP contribution is -2.45. The molecule has 0 aliphatic carbocycles. The molecule has 0 unspecified atom stereocenters. The topological polar surface area (TPSA) is 59.5 Å². The van der Waals surface area contributed by atoms with Gasteiger partial charge in [-0.25, -0.2) is 9.97 Å². The summed E-state index contributed by atoms with van der Waals surface area (Å²) in [5, 5.41) is 4.18. The van der Waals surface area contributed by atoms with Crippen LogP contribution in [0.4, 0.5) is 11.6 Å². The van der Waals surface area contributed by atoms with Crippen LogP contribution in [0.2, 0.25) is 5.02 Å². The minimum atomic E-state index is -0.363. The standard InChI is InChI=1S/C20H25ClN4O2/c1-15-23-18(22-9-6-16-2-4-17(21)5-3-16)14-19(24-15)25-10-7-20(8-11-25)26-12-13-27-20/h2-5,14H,6-13H2,1H3,(H,22,23,24). The molecular formula is C20H25ClN4O2. The number of hydrogen-bond acceptors (Lipinski definition) is 6. The van der Waals surface area contributed by atoms with Gasteiger partial charge in [0.25, 0.3) is 0 Å². The molecule has 2 aliphatic heterocycles.